The van der Waals surface area contributed by atoms with Crippen molar-refractivity contribution >= 4 is 46.6 Å². The van der Waals surface area contributed by atoms with Crippen molar-refractivity contribution in [1.82, 2.24) is 0 Å². The van der Waals surface area contributed by atoms with Gasteiger partial charge in [0.25, 0.3) is 5.69 Å². The molecule has 1 aliphatic rings. The molecule has 3 rings (SSSR count). The maximum Gasteiger partial charge on any atom is 0.288 e. The number of hydrogen-bond donors (Lipinski definition) is 2. The van der Waals surface area contributed by atoms with Gasteiger partial charge in [-0.2, -0.15) is 0 Å². The second-order valence-corrected chi connectivity index (χ2v) is 6.54. The predicted octanol–water partition coefficient (Wildman–Crippen LogP) is 4.25. The molecule has 2 amide bonds. The molecule has 2 N–H and O–H groups in total. The Bertz CT molecular complexity index is 921. The summed E-state index contributed by atoms with van der Waals surface area (Å²) >= 11 is 5.75. The van der Waals surface area contributed by atoms with Crippen molar-refractivity contribution in [2.24, 2.45) is 5.92 Å². The van der Waals surface area contributed by atoms with Crippen LogP contribution in [0.15, 0.2) is 48.5 Å². The Morgan fingerprint density at radius 2 is 1.70 bits per heavy atom. The molecular weight excluding hydrogens is 370 g/mol. The van der Waals surface area contributed by atoms with Gasteiger partial charge in [-0.3, -0.25) is 19.7 Å². The minimum absolute atomic E-state index is 0.0202. The first-order valence-corrected chi connectivity index (χ1v) is 8.64. The van der Waals surface area contributed by atoms with Crippen LogP contribution in [0.4, 0.5) is 17.1 Å². The van der Waals surface area contributed by atoms with Gasteiger partial charge in [0.2, 0.25) is 11.8 Å². The van der Waals surface area contributed by atoms with E-state index in [0.717, 1.165) is 12.8 Å². The second kappa shape index (κ2) is 8.01. The van der Waals surface area contributed by atoms with Gasteiger partial charge in [-0.1, -0.05) is 17.7 Å². The van der Waals surface area contributed by atoms with E-state index in [0.29, 0.717) is 16.9 Å². The van der Waals surface area contributed by atoms with Gasteiger partial charge in [-0.05, 0) is 54.8 Å². The number of nitrogens with zero attached hydrogens (tertiary/aromatic N) is 1. The summed E-state index contributed by atoms with van der Waals surface area (Å²) in [6.45, 7) is 0. The Hall–Kier alpha value is -3.19. The van der Waals surface area contributed by atoms with E-state index in [9.17, 15) is 19.7 Å². The van der Waals surface area contributed by atoms with Crippen LogP contribution in [-0.2, 0) is 9.59 Å². The van der Waals surface area contributed by atoms with Crippen molar-refractivity contribution in [3.63, 3.8) is 0 Å². The van der Waals surface area contributed by atoms with E-state index in [1.165, 1.54) is 24.3 Å². The first kappa shape index (κ1) is 18.6. The predicted molar refractivity (Wildman–Crippen MR) is 104 cm³/mol. The van der Waals surface area contributed by atoms with Gasteiger partial charge < -0.3 is 10.6 Å². The number of amides is 2. The van der Waals surface area contributed by atoms with Crippen LogP contribution in [0.2, 0.25) is 5.02 Å². The standard InChI is InChI=1S/C19H16ClN3O4/c20-16-9-1-12(11-17(16)23(26)27)2-10-18(24)21-14-5-7-15(8-6-14)22-19(25)13-3-4-13/h1-2,5-11,13H,3-4H2,(H,21,24)(H,22,25)/b10-2+. The highest BCUT2D eigenvalue weighted by atomic mass is 35.5. The number of rotatable bonds is 6. The fourth-order valence-electron chi connectivity index (χ4n) is 2.36. The van der Waals surface area contributed by atoms with Crippen molar-refractivity contribution < 1.29 is 14.5 Å². The molecule has 1 aliphatic carbocycles. The summed E-state index contributed by atoms with van der Waals surface area (Å²) < 4.78 is 0. The monoisotopic (exact) mass is 385 g/mol. The van der Waals surface area contributed by atoms with Gasteiger partial charge in [0.15, 0.2) is 0 Å². The number of hydrogen-bond acceptors (Lipinski definition) is 4. The maximum atomic E-state index is 12.0. The highest BCUT2D eigenvalue weighted by Gasteiger charge is 2.29. The fourth-order valence-corrected chi connectivity index (χ4v) is 2.54. The molecule has 1 saturated carbocycles. The third-order valence-electron chi connectivity index (χ3n) is 3.96. The van der Waals surface area contributed by atoms with Crippen molar-refractivity contribution in [1.29, 1.82) is 0 Å². The average molecular weight is 386 g/mol. The molecule has 8 heteroatoms. The van der Waals surface area contributed by atoms with Crippen LogP contribution < -0.4 is 10.6 Å². The van der Waals surface area contributed by atoms with E-state index in [-0.39, 0.29) is 28.4 Å². The molecule has 27 heavy (non-hydrogen) atoms. The lowest BCUT2D eigenvalue weighted by Gasteiger charge is -2.06. The Morgan fingerprint density at radius 1 is 1.07 bits per heavy atom. The van der Waals surface area contributed by atoms with Gasteiger partial charge in [0.05, 0.1) is 4.92 Å². The minimum atomic E-state index is -0.580. The molecule has 0 aromatic heterocycles. The number of anilines is 2. The molecule has 0 unspecified atom stereocenters. The third kappa shape index (κ3) is 5.15. The average Bonchev–Trinajstić information content (AvgIpc) is 3.47. The normalized spacial score (nSPS) is 13.4. The summed E-state index contributed by atoms with van der Waals surface area (Å²) in [4.78, 5) is 34.0. The Balaban J connectivity index is 1.58. The van der Waals surface area contributed by atoms with Crippen molar-refractivity contribution in [2.45, 2.75) is 12.8 Å². The van der Waals surface area contributed by atoms with Crippen LogP contribution in [0, 0.1) is 16.0 Å². The summed E-state index contributed by atoms with van der Waals surface area (Å²) in [6.07, 6.45) is 4.60. The van der Waals surface area contributed by atoms with Gasteiger partial charge in [0.1, 0.15) is 5.02 Å². The molecule has 0 saturated heterocycles. The number of carbonyl (C=O) groups is 2. The van der Waals surface area contributed by atoms with Gasteiger partial charge in [-0.15, -0.1) is 0 Å². The number of nitrogens with one attached hydrogen (secondary N) is 2. The number of nitro benzene ring substituents is 1. The topological polar surface area (TPSA) is 101 Å². The zero-order valence-electron chi connectivity index (χ0n) is 14.1. The van der Waals surface area contributed by atoms with Crippen LogP contribution in [0.5, 0.6) is 0 Å². The maximum absolute atomic E-state index is 12.0. The zero-order valence-corrected chi connectivity index (χ0v) is 14.9. The van der Waals surface area contributed by atoms with E-state index >= 15 is 0 Å². The van der Waals surface area contributed by atoms with Crippen LogP contribution in [0.1, 0.15) is 18.4 Å². The summed E-state index contributed by atoms with van der Waals surface area (Å²) in [5, 5.41) is 16.4. The molecule has 138 valence electrons. The molecule has 7 nitrogen and oxygen atoms in total. The van der Waals surface area contributed by atoms with E-state index in [1.807, 2.05) is 0 Å². The fraction of sp³-hybridized carbons (Fsp3) is 0.158. The van der Waals surface area contributed by atoms with Crippen molar-refractivity contribution in [2.75, 3.05) is 10.6 Å². The van der Waals surface area contributed by atoms with Gasteiger partial charge in [0, 0.05) is 29.4 Å². The number of carbonyl (C=O) groups excluding carboxylic acids is 2. The highest BCUT2D eigenvalue weighted by Crippen LogP contribution is 2.30. The van der Waals surface area contributed by atoms with Gasteiger partial charge in [-0.25, -0.2) is 0 Å². The Kier molecular flexibility index (Phi) is 5.52. The molecular formula is C19H16ClN3O4. The Morgan fingerprint density at radius 3 is 2.30 bits per heavy atom. The molecule has 0 spiro atoms. The highest BCUT2D eigenvalue weighted by molar-refractivity contribution is 6.32. The van der Waals surface area contributed by atoms with Crippen molar-refractivity contribution in [3.05, 3.63) is 69.2 Å². The summed E-state index contributed by atoms with van der Waals surface area (Å²) in [5.74, 6) is -0.243. The van der Waals surface area contributed by atoms with E-state index < -0.39 is 4.92 Å². The molecule has 0 heterocycles. The number of halogens is 1. The summed E-state index contributed by atoms with van der Waals surface area (Å²) in [5.41, 5.74) is 1.51. The van der Waals surface area contributed by atoms with Crippen LogP contribution in [-0.4, -0.2) is 16.7 Å². The summed E-state index contributed by atoms with van der Waals surface area (Å²) in [7, 11) is 0. The first-order valence-electron chi connectivity index (χ1n) is 8.26. The Labute approximate surface area is 160 Å². The largest absolute Gasteiger partial charge is 0.326 e. The van der Waals surface area contributed by atoms with Crippen LogP contribution in [0.3, 0.4) is 0 Å². The lowest BCUT2D eigenvalue weighted by atomic mass is 10.2. The number of nitro groups is 1. The molecule has 0 aliphatic heterocycles. The lowest BCUT2D eigenvalue weighted by Crippen LogP contribution is -2.13. The molecule has 2 aromatic rings. The van der Waals surface area contributed by atoms with Crippen molar-refractivity contribution in [3.8, 4) is 0 Å². The van der Waals surface area contributed by atoms with Crippen LogP contribution in [0.25, 0.3) is 6.08 Å². The zero-order chi connectivity index (χ0) is 19.4. The van der Waals surface area contributed by atoms with E-state index in [4.69, 9.17) is 11.6 Å². The first-order chi connectivity index (χ1) is 12.9. The van der Waals surface area contributed by atoms with E-state index in [2.05, 4.69) is 10.6 Å². The van der Waals surface area contributed by atoms with Gasteiger partial charge >= 0.3 is 0 Å². The van der Waals surface area contributed by atoms with E-state index in [1.54, 1.807) is 30.3 Å². The molecule has 1 fully saturated rings. The summed E-state index contributed by atoms with van der Waals surface area (Å²) in [6, 6.07) is 11.1. The number of benzene rings is 2. The smallest absolute Gasteiger partial charge is 0.288 e. The SMILES string of the molecule is O=C(/C=C/c1ccc(Cl)c([N+](=O)[O-])c1)Nc1ccc(NC(=O)C2CC2)cc1. The quantitative estimate of drug-likeness (QED) is 0.441. The van der Waals surface area contributed by atoms with Crippen LogP contribution >= 0.6 is 11.6 Å². The lowest BCUT2D eigenvalue weighted by molar-refractivity contribution is -0.384. The molecule has 2 aromatic carbocycles. The molecule has 0 bridgehead atoms. The third-order valence-corrected chi connectivity index (χ3v) is 4.28. The second-order valence-electron chi connectivity index (χ2n) is 6.13. The molecule has 0 atom stereocenters. The minimum Gasteiger partial charge on any atom is -0.326 e. The molecule has 0 radical (unpaired) electrons.